The van der Waals surface area contributed by atoms with Gasteiger partial charge in [-0.3, -0.25) is 4.98 Å². The molecule has 1 heterocycles. The van der Waals surface area contributed by atoms with Crippen molar-refractivity contribution >= 4 is 0 Å². The predicted octanol–water partition coefficient (Wildman–Crippen LogP) is 3.71. The molecular formula is C17H20N2. The minimum absolute atomic E-state index is 0.0528. The lowest BCUT2D eigenvalue weighted by Gasteiger charge is -2.26. The first-order valence-corrected chi connectivity index (χ1v) is 7.01. The van der Waals surface area contributed by atoms with Crippen LogP contribution in [0.2, 0.25) is 0 Å². The zero-order chi connectivity index (χ0) is 13.2. The van der Waals surface area contributed by atoms with E-state index < -0.39 is 0 Å². The third kappa shape index (κ3) is 2.41. The summed E-state index contributed by atoms with van der Waals surface area (Å²) in [5, 5.41) is 0. The van der Waals surface area contributed by atoms with Crippen molar-refractivity contribution in [3.05, 3.63) is 65.0 Å². The molecule has 3 rings (SSSR count). The van der Waals surface area contributed by atoms with Crippen LogP contribution in [0.1, 0.15) is 53.5 Å². The van der Waals surface area contributed by atoms with Crippen LogP contribution < -0.4 is 5.73 Å². The van der Waals surface area contributed by atoms with Gasteiger partial charge in [-0.05, 0) is 54.0 Å². The Morgan fingerprint density at radius 1 is 1.26 bits per heavy atom. The van der Waals surface area contributed by atoms with Crippen LogP contribution in [-0.4, -0.2) is 4.98 Å². The first-order chi connectivity index (χ1) is 9.25. The summed E-state index contributed by atoms with van der Waals surface area (Å²) in [5.41, 5.74) is 11.4. The van der Waals surface area contributed by atoms with Gasteiger partial charge in [-0.15, -0.1) is 0 Å². The molecule has 0 saturated heterocycles. The van der Waals surface area contributed by atoms with Gasteiger partial charge in [0.25, 0.3) is 0 Å². The highest BCUT2D eigenvalue weighted by Crippen LogP contribution is 2.37. The van der Waals surface area contributed by atoms with E-state index in [1.165, 1.54) is 36.0 Å². The van der Waals surface area contributed by atoms with Crippen molar-refractivity contribution in [2.75, 3.05) is 0 Å². The summed E-state index contributed by atoms with van der Waals surface area (Å²) < 4.78 is 0. The third-order valence-corrected chi connectivity index (χ3v) is 4.25. The van der Waals surface area contributed by atoms with Crippen molar-refractivity contribution < 1.29 is 0 Å². The molecule has 0 amide bonds. The van der Waals surface area contributed by atoms with E-state index in [0.29, 0.717) is 0 Å². The molecule has 2 nitrogen and oxygen atoms in total. The lowest BCUT2D eigenvalue weighted by molar-refractivity contribution is 0.419. The Labute approximate surface area is 114 Å². The quantitative estimate of drug-likeness (QED) is 0.904. The molecule has 0 radical (unpaired) electrons. The number of pyridine rings is 1. The summed E-state index contributed by atoms with van der Waals surface area (Å²) in [4.78, 5) is 4.13. The highest BCUT2D eigenvalue weighted by molar-refractivity contribution is 5.37. The van der Waals surface area contributed by atoms with Gasteiger partial charge in [0.2, 0.25) is 0 Å². The summed E-state index contributed by atoms with van der Waals surface area (Å²) in [7, 11) is 0. The lowest BCUT2D eigenvalue weighted by Crippen LogP contribution is -2.15. The van der Waals surface area contributed by atoms with Crippen molar-refractivity contribution in [1.82, 2.24) is 4.98 Å². The Bertz CT molecular complexity index is 573. The highest BCUT2D eigenvalue weighted by atomic mass is 14.7. The van der Waals surface area contributed by atoms with Crippen LogP contribution in [0.15, 0.2) is 42.7 Å². The van der Waals surface area contributed by atoms with E-state index in [1.54, 1.807) is 0 Å². The molecule has 0 aliphatic heterocycles. The van der Waals surface area contributed by atoms with Crippen molar-refractivity contribution in [3.8, 4) is 0 Å². The van der Waals surface area contributed by atoms with E-state index in [1.807, 2.05) is 18.5 Å². The minimum Gasteiger partial charge on any atom is -0.320 e. The Balaban J connectivity index is 1.91. The monoisotopic (exact) mass is 252 g/mol. The fraction of sp³-hybridized carbons (Fsp3) is 0.353. The average Bonchev–Trinajstić information content (AvgIpc) is 2.37. The zero-order valence-corrected chi connectivity index (χ0v) is 11.3. The van der Waals surface area contributed by atoms with Gasteiger partial charge in [0.15, 0.2) is 0 Å². The third-order valence-electron chi connectivity index (χ3n) is 4.25. The number of nitrogens with zero attached hydrogens (tertiary/aromatic N) is 1. The van der Waals surface area contributed by atoms with Crippen LogP contribution >= 0.6 is 0 Å². The average molecular weight is 252 g/mol. The Morgan fingerprint density at radius 2 is 2.11 bits per heavy atom. The molecule has 2 heteroatoms. The molecule has 1 aliphatic carbocycles. The van der Waals surface area contributed by atoms with E-state index in [9.17, 15) is 0 Å². The van der Waals surface area contributed by atoms with Gasteiger partial charge >= 0.3 is 0 Å². The van der Waals surface area contributed by atoms with Crippen LogP contribution in [0.3, 0.4) is 0 Å². The lowest BCUT2D eigenvalue weighted by atomic mass is 9.79. The van der Waals surface area contributed by atoms with E-state index >= 15 is 0 Å². The van der Waals surface area contributed by atoms with Gasteiger partial charge in [-0.25, -0.2) is 0 Å². The van der Waals surface area contributed by atoms with Gasteiger partial charge in [0.05, 0.1) is 6.04 Å². The first kappa shape index (κ1) is 12.4. The Kier molecular flexibility index (Phi) is 3.34. The summed E-state index contributed by atoms with van der Waals surface area (Å²) >= 11 is 0. The van der Waals surface area contributed by atoms with E-state index in [-0.39, 0.29) is 6.04 Å². The second-order valence-electron chi connectivity index (χ2n) is 5.51. The molecule has 0 bridgehead atoms. The van der Waals surface area contributed by atoms with E-state index in [2.05, 4.69) is 36.2 Å². The number of hydrogen-bond donors (Lipinski definition) is 1. The minimum atomic E-state index is -0.0528. The number of aryl methyl sites for hydroxylation is 1. The summed E-state index contributed by atoms with van der Waals surface area (Å²) in [6.45, 7) is 2.07. The Hall–Kier alpha value is -1.67. The number of rotatable bonds is 3. The molecule has 98 valence electrons. The smallest absolute Gasteiger partial charge is 0.0555 e. The molecule has 1 aromatic heterocycles. The van der Waals surface area contributed by atoms with E-state index in [0.717, 1.165) is 11.5 Å². The maximum atomic E-state index is 6.42. The van der Waals surface area contributed by atoms with Crippen molar-refractivity contribution in [2.45, 2.75) is 38.1 Å². The SMILES string of the molecule is Cc1cnccc1C(N)c1cccc(C2CCC2)c1. The summed E-state index contributed by atoms with van der Waals surface area (Å²) in [6, 6.07) is 10.8. The van der Waals surface area contributed by atoms with Crippen LogP contribution in [0.4, 0.5) is 0 Å². The van der Waals surface area contributed by atoms with Gasteiger partial charge < -0.3 is 5.73 Å². The van der Waals surface area contributed by atoms with Gasteiger partial charge in [-0.2, -0.15) is 0 Å². The topological polar surface area (TPSA) is 38.9 Å². The summed E-state index contributed by atoms with van der Waals surface area (Å²) in [5.74, 6) is 0.755. The maximum absolute atomic E-state index is 6.42. The highest BCUT2D eigenvalue weighted by Gasteiger charge is 2.20. The largest absolute Gasteiger partial charge is 0.320 e. The second-order valence-corrected chi connectivity index (χ2v) is 5.51. The predicted molar refractivity (Wildman–Crippen MR) is 78.0 cm³/mol. The Morgan fingerprint density at radius 3 is 2.79 bits per heavy atom. The molecular weight excluding hydrogens is 232 g/mol. The molecule has 1 aromatic carbocycles. The van der Waals surface area contributed by atoms with Crippen molar-refractivity contribution in [3.63, 3.8) is 0 Å². The van der Waals surface area contributed by atoms with E-state index in [4.69, 9.17) is 5.73 Å². The molecule has 2 aromatic rings. The van der Waals surface area contributed by atoms with Crippen molar-refractivity contribution in [2.24, 2.45) is 5.73 Å². The number of nitrogens with two attached hydrogens (primary N) is 1. The zero-order valence-electron chi connectivity index (χ0n) is 11.3. The fourth-order valence-corrected chi connectivity index (χ4v) is 2.76. The fourth-order valence-electron chi connectivity index (χ4n) is 2.76. The van der Waals surface area contributed by atoms with Crippen molar-refractivity contribution in [1.29, 1.82) is 0 Å². The summed E-state index contributed by atoms with van der Waals surface area (Å²) in [6.07, 6.45) is 7.72. The maximum Gasteiger partial charge on any atom is 0.0555 e. The van der Waals surface area contributed by atoms with Crippen LogP contribution in [0, 0.1) is 6.92 Å². The number of benzene rings is 1. The van der Waals surface area contributed by atoms with Crippen LogP contribution in [0.5, 0.6) is 0 Å². The normalized spacial score (nSPS) is 16.9. The molecule has 1 saturated carbocycles. The molecule has 1 atom stereocenters. The molecule has 1 unspecified atom stereocenters. The second kappa shape index (κ2) is 5.14. The first-order valence-electron chi connectivity index (χ1n) is 7.01. The van der Waals surface area contributed by atoms with Gasteiger partial charge in [-0.1, -0.05) is 30.7 Å². The number of hydrogen-bond acceptors (Lipinski definition) is 2. The van der Waals surface area contributed by atoms with Crippen LogP contribution in [-0.2, 0) is 0 Å². The molecule has 1 fully saturated rings. The standard InChI is InChI=1S/C17H20N2/c1-12-11-19-9-8-16(12)17(18)15-7-3-6-14(10-15)13-4-2-5-13/h3,6-11,13,17H,2,4-5,18H2,1H3. The van der Waals surface area contributed by atoms with Gasteiger partial charge in [0, 0.05) is 12.4 Å². The molecule has 2 N–H and O–H groups in total. The van der Waals surface area contributed by atoms with Gasteiger partial charge in [0.1, 0.15) is 0 Å². The van der Waals surface area contributed by atoms with Crippen LogP contribution in [0.25, 0.3) is 0 Å². The molecule has 1 aliphatic rings. The number of aromatic nitrogens is 1. The molecule has 19 heavy (non-hydrogen) atoms. The molecule has 0 spiro atoms.